The fourth-order valence-corrected chi connectivity index (χ4v) is 2.66. The molecule has 0 saturated carbocycles. The molecule has 3 nitrogen and oxygen atoms in total. The smallest absolute Gasteiger partial charge is 0.146 e. The van der Waals surface area contributed by atoms with Crippen molar-refractivity contribution in [3.63, 3.8) is 0 Å². The topological polar surface area (TPSA) is 32.5 Å². The summed E-state index contributed by atoms with van der Waals surface area (Å²) in [4.78, 5) is 4.49. The number of anilines is 1. The van der Waals surface area contributed by atoms with Gasteiger partial charge in [0.25, 0.3) is 0 Å². The van der Waals surface area contributed by atoms with Crippen molar-refractivity contribution >= 4 is 5.69 Å². The standard InChI is InChI=1S/C14H22FN3/c1-11-9-18(10-12(7-8-16)17(11)2)14-6-4-3-5-13(14)15/h3-6,11-12H,7-10,16H2,1-2H3. The molecule has 1 aromatic rings. The molecular formula is C14H22FN3. The van der Waals surface area contributed by atoms with E-state index in [4.69, 9.17) is 5.73 Å². The van der Waals surface area contributed by atoms with E-state index < -0.39 is 0 Å². The zero-order chi connectivity index (χ0) is 13.1. The molecule has 2 atom stereocenters. The third-order valence-corrected chi connectivity index (χ3v) is 3.88. The number of hydrogen-bond acceptors (Lipinski definition) is 3. The lowest BCUT2D eigenvalue weighted by atomic mass is 10.0. The minimum Gasteiger partial charge on any atom is -0.366 e. The lowest BCUT2D eigenvalue weighted by Crippen LogP contribution is -2.56. The van der Waals surface area contributed by atoms with Crippen LogP contribution >= 0.6 is 0 Å². The highest BCUT2D eigenvalue weighted by Crippen LogP contribution is 2.24. The maximum absolute atomic E-state index is 13.8. The van der Waals surface area contributed by atoms with Gasteiger partial charge in [-0.15, -0.1) is 0 Å². The Balaban J connectivity index is 2.17. The third kappa shape index (κ3) is 2.65. The second-order valence-electron chi connectivity index (χ2n) is 5.10. The average Bonchev–Trinajstić information content (AvgIpc) is 2.35. The van der Waals surface area contributed by atoms with Crippen LogP contribution in [0.15, 0.2) is 24.3 Å². The largest absolute Gasteiger partial charge is 0.366 e. The molecule has 0 bridgehead atoms. The van der Waals surface area contributed by atoms with Gasteiger partial charge in [0.15, 0.2) is 0 Å². The number of rotatable bonds is 3. The molecule has 1 aliphatic heterocycles. The summed E-state index contributed by atoms with van der Waals surface area (Å²) in [6, 6.07) is 7.81. The second-order valence-corrected chi connectivity index (χ2v) is 5.10. The normalized spacial score (nSPS) is 25.4. The minimum absolute atomic E-state index is 0.138. The van der Waals surface area contributed by atoms with E-state index in [1.165, 1.54) is 6.07 Å². The Kier molecular flexibility index (Phi) is 4.19. The summed E-state index contributed by atoms with van der Waals surface area (Å²) in [5, 5.41) is 0. The van der Waals surface area contributed by atoms with Gasteiger partial charge in [0, 0.05) is 25.2 Å². The molecule has 2 N–H and O–H groups in total. The number of nitrogens with two attached hydrogens (primary N) is 1. The van der Waals surface area contributed by atoms with Gasteiger partial charge in [-0.3, -0.25) is 4.90 Å². The lowest BCUT2D eigenvalue weighted by Gasteiger charge is -2.45. The van der Waals surface area contributed by atoms with Crippen molar-refractivity contribution in [3.05, 3.63) is 30.1 Å². The molecule has 0 aromatic heterocycles. The number of piperazine rings is 1. The molecule has 0 amide bonds. The highest BCUT2D eigenvalue weighted by molar-refractivity contribution is 5.48. The van der Waals surface area contributed by atoms with E-state index in [0.29, 0.717) is 24.3 Å². The Bertz CT molecular complexity index is 396. The SMILES string of the molecule is CC1CN(c2ccccc2F)CC(CCN)N1C. The molecule has 18 heavy (non-hydrogen) atoms. The van der Waals surface area contributed by atoms with Gasteiger partial charge in [-0.25, -0.2) is 4.39 Å². The van der Waals surface area contributed by atoms with Crippen LogP contribution in [0.4, 0.5) is 10.1 Å². The lowest BCUT2D eigenvalue weighted by molar-refractivity contribution is 0.151. The summed E-state index contributed by atoms with van der Waals surface area (Å²) in [6.07, 6.45) is 0.950. The molecule has 1 aromatic carbocycles. The van der Waals surface area contributed by atoms with Gasteiger partial charge in [0.2, 0.25) is 0 Å². The van der Waals surface area contributed by atoms with Crippen molar-refractivity contribution in [2.24, 2.45) is 5.73 Å². The number of nitrogens with zero attached hydrogens (tertiary/aromatic N) is 2. The summed E-state index contributed by atoms with van der Waals surface area (Å²) < 4.78 is 13.8. The number of hydrogen-bond donors (Lipinski definition) is 1. The van der Waals surface area contributed by atoms with Crippen LogP contribution in [0.5, 0.6) is 0 Å². The number of para-hydroxylation sites is 1. The van der Waals surface area contributed by atoms with Gasteiger partial charge in [0.1, 0.15) is 5.82 Å². The van der Waals surface area contributed by atoms with Gasteiger partial charge in [-0.2, -0.15) is 0 Å². The number of likely N-dealkylation sites (N-methyl/N-ethyl adjacent to an activating group) is 1. The predicted molar refractivity (Wildman–Crippen MR) is 73.3 cm³/mol. The van der Waals surface area contributed by atoms with Gasteiger partial charge < -0.3 is 10.6 Å². The molecular weight excluding hydrogens is 229 g/mol. The number of benzene rings is 1. The molecule has 0 aliphatic carbocycles. The number of halogens is 1. The Hall–Kier alpha value is -1.13. The summed E-state index contributed by atoms with van der Waals surface area (Å²) >= 11 is 0. The summed E-state index contributed by atoms with van der Waals surface area (Å²) in [5.74, 6) is -0.138. The Morgan fingerprint density at radius 1 is 1.33 bits per heavy atom. The highest BCUT2D eigenvalue weighted by atomic mass is 19.1. The van der Waals surface area contributed by atoms with Crippen LogP contribution in [-0.4, -0.2) is 43.7 Å². The molecule has 1 fully saturated rings. The molecule has 2 unspecified atom stereocenters. The fraction of sp³-hybridized carbons (Fsp3) is 0.571. The maximum Gasteiger partial charge on any atom is 0.146 e. The minimum atomic E-state index is -0.138. The fourth-order valence-electron chi connectivity index (χ4n) is 2.66. The van der Waals surface area contributed by atoms with Crippen LogP contribution in [0.25, 0.3) is 0 Å². The van der Waals surface area contributed by atoms with Crippen LogP contribution in [0.3, 0.4) is 0 Å². The van der Waals surface area contributed by atoms with E-state index in [-0.39, 0.29) is 5.82 Å². The first-order chi connectivity index (χ1) is 8.63. The zero-order valence-electron chi connectivity index (χ0n) is 11.1. The predicted octanol–water partition coefficient (Wildman–Crippen LogP) is 1.68. The first kappa shape index (κ1) is 13.3. The molecule has 1 aliphatic rings. The molecule has 0 spiro atoms. The Morgan fingerprint density at radius 2 is 2.06 bits per heavy atom. The average molecular weight is 251 g/mol. The summed E-state index contributed by atoms with van der Waals surface area (Å²) in [6.45, 7) is 4.56. The molecule has 100 valence electrons. The molecule has 1 heterocycles. The van der Waals surface area contributed by atoms with E-state index in [9.17, 15) is 4.39 Å². The summed E-state index contributed by atoms with van der Waals surface area (Å²) in [7, 11) is 2.13. The van der Waals surface area contributed by atoms with Gasteiger partial charge in [-0.05, 0) is 39.1 Å². The van der Waals surface area contributed by atoms with Crippen molar-refractivity contribution < 1.29 is 4.39 Å². The summed E-state index contributed by atoms with van der Waals surface area (Å²) in [5.41, 5.74) is 6.37. The van der Waals surface area contributed by atoms with E-state index in [2.05, 4.69) is 23.8 Å². The van der Waals surface area contributed by atoms with E-state index >= 15 is 0 Å². The molecule has 1 saturated heterocycles. The van der Waals surface area contributed by atoms with Crippen molar-refractivity contribution in [1.82, 2.24) is 4.90 Å². The van der Waals surface area contributed by atoms with Gasteiger partial charge in [0.05, 0.1) is 5.69 Å². The molecule has 4 heteroatoms. The van der Waals surface area contributed by atoms with Gasteiger partial charge >= 0.3 is 0 Å². The van der Waals surface area contributed by atoms with Crippen LogP contribution < -0.4 is 10.6 Å². The van der Waals surface area contributed by atoms with Crippen LogP contribution in [-0.2, 0) is 0 Å². The van der Waals surface area contributed by atoms with Crippen molar-refractivity contribution in [3.8, 4) is 0 Å². The Labute approximate surface area is 108 Å². The molecule has 0 radical (unpaired) electrons. The zero-order valence-corrected chi connectivity index (χ0v) is 11.1. The van der Waals surface area contributed by atoms with Crippen molar-refractivity contribution in [2.75, 3.05) is 31.6 Å². The van der Waals surface area contributed by atoms with Crippen molar-refractivity contribution in [1.29, 1.82) is 0 Å². The molecule has 2 rings (SSSR count). The van der Waals surface area contributed by atoms with E-state index in [1.807, 2.05) is 12.1 Å². The monoisotopic (exact) mass is 251 g/mol. The first-order valence-electron chi connectivity index (χ1n) is 6.55. The van der Waals surface area contributed by atoms with Crippen LogP contribution in [0, 0.1) is 5.82 Å². The van der Waals surface area contributed by atoms with E-state index in [1.54, 1.807) is 6.07 Å². The van der Waals surface area contributed by atoms with Crippen LogP contribution in [0.1, 0.15) is 13.3 Å². The highest BCUT2D eigenvalue weighted by Gasteiger charge is 2.29. The van der Waals surface area contributed by atoms with E-state index in [0.717, 1.165) is 19.5 Å². The van der Waals surface area contributed by atoms with Crippen LogP contribution in [0.2, 0.25) is 0 Å². The van der Waals surface area contributed by atoms with Crippen molar-refractivity contribution in [2.45, 2.75) is 25.4 Å². The second kappa shape index (κ2) is 5.67. The quantitative estimate of drug-likeness (QED) is 0.887. The van der Waals surface area contributed by atoms with Gasteiger partial charge in [-0.1, -0.05) is 12.1 Å². The third-order valence-electron chi connectivity index (χ3n) is 3.88. The maximum atomic E-state index is 13.8. The first-order valence-corrected chi connectivity index (χ1v) is 6.55. The Morgan fingerprint density at radius 3 is 2.72 bits per heavy atom.